The lowest BCUT2D eigenvalue weighted by molar-refractivity contribution is -0.0490. The Bertz CT molecular complexity index is 1360. The Morgan fingerprint density at radius 1 is 1.12 bits per heavy atom. The molecule has 33 heavy (non-hydrogen) atoms. The fourth-order valence-electron chi connectivity index (χ4n) is 3.39. The second-order valence-electron chi connectivity index (χ2n) is 6.99. The maximum absolute atomic E-state index is 13.3. The largest absolute Gasteiger partial charge is 0.428 e. The summed E-state index contributed by atoms with van der Waals surface area (Å²) in [6.45, 7) is 0.325. The monoisotopic (exact) mass is 454 g/mol. The lowest BCUT2D eigenvalue weighted by atomic mass is 10.1. The minimum Gasteiger partial charge on any atom is -0.428 e. The van der Waals surface area contributed by atoms with Gasteiger partial charge in [-0.05, 0) is 38.1 Å². The highest BCUT2D eigenvalue weighted by atomic mass is 19.3. The van der Waals surface area contributed by atoms with E-state index in [1.807, 2.05) is 0 Å². The molecule has 1 aromatic carbocycles. The average molecular weight is 454 g/mol. The van der Waals surface area contributed by atoms with Gasteiger partial charge in [0.1, 0.15) is 29.7 Å². The number of benzene rings is 1. The Hall–Kier alpha value is -4.40. The van der Waals surface area contributed by atoms with Crippen LogP contribution < -0.4 is 10.1 Å². The molecule has 4 rings (SSSR count). The average Bonchev–Trinajstić information content (AvgIpc) is 3.23. The Morgan fingerprint density at radius 3 is 2.48 bits per heavy atom. The number of aromatic nitrogens is 6. The molecular formula is C21H17F3N8O. The predicted molar refractivity (Wildman–Crippen MR) is 112 cm³/mol. The summed E-state index contributed by atoms with van der Waals surface area (Å²) in [5.74, 6) is -0.118. The molecule has 4 aromatic rings. The summed E-state index contributed by atoms with van der Waals surface area (Å²) >= 11 is 0. The lowest BCUT2D eigenvalue weighted by Crippen LogP contribution is -2.06. The number of nitrogens with zero attached hydrogens (tertiary/aromatic N) is 7. The van der Waals surface area contributed by atoms with Crippen LogP contribution in [0.15, 0.2) is 36.7 Å². The van der Waals surface area contributed by atoms with Crippen molar-refractivity contribution in [3.8, 4) is 28.9 Å². The standard InChI is InChI=1S/C21H17F3N8O/c1-11-15(9-25)12(2)32(29-11)17-8-16(26-10-27-17)28-20-19(33-21(23)24)18(31(3)30-20)13-4-6-14(22)7-5-13/h4-8,10,21H,1-3H3,(H,26,27,28,30). The number of hydrogen-bond donors (Lipinski definition) is 1. The third-order valence-corrected chi connectivity index (χ3v) is 4.85. The summed E-state index contributed by atoms with van der Waals surface area (Å²) in [7, 11) is 1.55. The number of anilines is 2. The SMILES string of the molecule is Cc1nn(-c2cc(Nc3nn(C)c(-c4ccc(F)cc4)c3OC(F)F)ncn2)c(C)c1C#N. The molecule has 0 aliphatic carbocycles. The van der Waals surface area contributed by atoms with E-state index >= 15 is 0 Å². The van der Waals surface area contributed by atoms with E-state index in [1.165, 1.54) is 46.0 Å². The fourth-order valence-corrected chi connectivity index (χ4v) is 3.39. The molecule has 3 aromatic heterocycles. The van der Waals surface area contributed by atoms with Gasteiger partial charge in [0.2, 0.25) is 0 Å². The number of halogens is 3. The van der Waals surface area contributed by atoms with Gasteiger partial charge in [-0.2, -0.15) is 24.2 Å². The van der Waals surface area contributed by atoms with Crippen LogP contribution in [0.3, 0.4) is 0 Å². The van der Waals surface area contributed by atoms with Crippen LogP contribution in [-0.4, -0.2) is 36.1 Å². The maximum Gasteiger partial charge on any atom is 0.387 e. The number of nitriles is 1. The van der Waals surface area contributed by atoms with Crippen LogP contribution in [0.2, 0.25) is 0 Å². The molecule has 0 saturated heterocycles. The molecule has 0 unspecified atom stereocenters. The van der Waals surface area contributed by atoms with E-state index in [-0.39, 0.29) is 23.1 Å². The number of nitrogens with one attached hydrogen (secondary N) is 1. The molecule has 0 radical (unpaired) electrons. The Labute approximate surface area is 186 Å². The summed E-state index contributed by atoms with van der Waals surface area (Å²) in [6.07, 6.45) is 1.26. The first kappa shape index (κ1) is 21.8. The first-order valence-electron chi connectivity index (χ1n) is 9.62. The van der Waals surface area contributed by atoms with Crippen molar-refractivity contribution >= 4 is 11.6 Å². The molecular weight excluding hydrogens is 437 g/mol. The van der Waals surface area contributed by atoms with Gasteiger partial charge in [-0.1, -0.05) is 0 Å². The van der Waals surface area contributed by atoms with Gasteiger partial charge < -0.3 is 10.1 Å². The number of hydrogen-bond acceptors (Lipinski definition) is 7. The van der Waals surface area contributed by atoms with E-state index < -0.39 is 12.4 Å². The van der Waals surface area contributed by atoms with Gasteiger partial charge in [0.15, 0.2) is 17.4 Å². The molecule has 0 aliphatic heterocycles. The quantitative estimate of drug-likeness (QED) is 0.469. The third-order valence-electron chi connectivity index (χ3n) is 4.85. The highest BCUT2D eigenvalue weighted by Gasteiger charge is 2.23. The van der Waals surface area contributed by atoms with Crippen molar-refractivity contribution in [3.63, 3.8) is 0 Å². The minimum atomic E-state index is -3.12. The van der Waals surface area contributed by atoms with E-state index in [1.54, 1.807) is 20.9 Å². The van der Waals surface area contributed by atoms with Crippen LogP contribution in [0, 0.1) is 31.0 Å². The summed E-state index contributed by atoms with van der Waals surface area (Å²) < 4.78 is 47.3. The first-order chi connectivity index (χ1) is 15.8. The minimum absolute atomic E-state index is 0.0205. The third kappa shape index (κ3) is 4.20. The molecule has 12 heteroatoms. The Morgan fingerprint density at radius 2 is 1.85 bits per heavy atom. The summed E-state index contributed by atoms with van der Waals surface area (Å²) in [5.41, 5.74) is 2.24. The lowest BCUT2D eigenvalue weighted by Gasteiger charge is -2.10. The van der Waals surface area contributed by atoms with Crippen LogP contribution in [0.5, 0.6) is 5.75 Å². The molecule has 3 heterocycles. The Balaban J connectivity index is 1.74. The van der Waals surface area contributed by atoms with Crippen molar-refractivity contribution in [2.24, 2.45) is 7.05 Å². The molecule has 0 bridgehead atoms. The number of alkyl halides is 2. The molecule has 0 amide bonds. The topological polar surface area (TPSA) is 106 Å². The molecule has 9 nitrogen and oxygen atoms in total. The molecule has 0 saturated carbocycles. The van der Waals surface area contributed by atoms with Crippen molar-refractivity contribution in [1.82, 2.24) is 29.5 Å². The summed E-state index contributed by atoms with van der Waals surface area (Å²) in [6, 6.07) is 8.92. The maximum atomic E-state index is 13.3. The van der Waals surface area contributed by atoms with Crippen molar-refractivity contribution in [2.75, 3.05) is 5.32 Å². The molecule has 0 spiro atoms. The Kier molecular flexibility index (Phi) is 5.70. The van der Waals surface area contributed by atoms with Gasteiger partial charge in [0, 0.05) is 18.7 Å². The zero-order chi connectivity index (χ0) is 23.7. The van der Waals surface area contributed by atoms with Crippen LogP contribution >= 0.6 is 0 Å². The molecule has 0 aliphatic rings. The van der Waals surface area contributed by atoms with Crippen molar-refractivity contribution in [3.05, 3.63) is 59.4 Å². The zero-order valence-corrected chi connectivity index (χ0v) is 17.7. The van der Waals surface area contributed by atoms with E-state index in [9.17, 15) is 18.4 Å². The van der Waals surface area contributed by atoms with E-state index in [4.69, 9.17) is 4.74 Å². The van der Waals surface area contributed by atoms with Crippen molar-refractivity contribution in [2.45, 2.75) is 20.5 Å². The highest BCUT2D eigenvalue weighted by Crippen LogP contribution is 2.38. The second kappa shape index (κ2) is 8.62. The summed E-state index contributed by atoms with van der Waals surface area (Å²) in [5, 5.41) is 20.7. The summed E-state index contributed by atoms with van der Waals surface area (Å²) in [4.78, 5) is 8.29. The normalized spacial score (nSPS) is 11.0. The van der Waals surface area contributed by atoms with Gasteiger partial charge in [0.05, 0.1) is 17.0 Å². The van der Waals surface area contributed by atoms with E-state index in [0.717, 1.165) is 0 Å². The highest BCUT2D eigenvalue weighted by molar-refractivity contribution is 5.76. The molecule has 0 atom stereocenters. The number of rotatable bonds is 6. The van der Waals surface area contributed by atoms with Crippen LogP contribution in [0.4, 0.5) is 24.8 Å². The van der Waals surface area contributed by atoms with Crippen molar-refractivity contribution in [1.29, 1.82) is 5.26 Å². The van der Waals surface area contributed by atoms with Gasteiger partial charge in [0.25, 0.3) is 0 Å². The molecule has 0 fully saturated rings. The molecule has 168 valence electrons. The van der Waals surface area contributed by atoms with Crippen LogP contribution in [-0.2, 0) is 7.05 Å². The first-order valence-corrected chi connectivity index (χ1v) is 9.62. The van der Waals surface area contributed by atoms with Crippen LogP contribution in [0.1, 0.15) is 17.0 Å². The van der Waals surface area contributed by atoms with E-state index in [0.29, 0.717) is 28.3 Å². The van der Waals surface area contributed by atoms with Crippen LogP contribution in [0.25, 0.3) is 17.1 Å². The predicted octanol–water partition coefficient (Wildman–Crippen LogP) is 4.04. The van der Waals surface area contributed by atoms with Gasteiger partial charge >= 0.3 is 6.61 Å². The molecule has 1 N–H and O–H groups in total. The van der Waals surface area contributed by atoms with E-state index in [2.05, 4.69) is 31.6 Å². The van der Waals surface area contributed by atoms with Gasteiger partial charge in [-0.3, -0.25) is 4.68 Å². The number of aryl methyl sites for hydroxylation is 2. The smallest absolute Gasteiger partial charge is 0.387 e. The van der Waals surface area contributed by atoms with Gasteiger partial charge in [-0.15, -0.1) is 0 Å². The number of ether oxygens (including phenoxy) is 1. The van der Waals surface area contributed by atoms with Crippen molar-refractivity contribution < 1.29 is 17.9 Å². The zero-order valence-electron chi connectivity index (χ0n) is 17.7. The second-order valence-corrected chi connectivity index (χ2v) is 6.99. The van der Waals surface area contributed by atoms with Gasteiger partial charge in [-0.25, -0.2) is 19.0 Å². The fraction of sp³-hybridized carbons (Fsp3) is 0.190.